The quantitative estimate of drug-likeness (QED) is 0.689. The predicted molar refractivity (Wildman–Crippen MR) is 55.9 cm³/mol. The summed E-state index contributed by atoms with van der Waals surface area (Å²) in [7, 11) is 3.92. The molecule has 0 saturated heterocycles. The highest BCUT2D eigenvalue weighted by Crippen LogP contribution is 2.12. The van der Waals surface area contributed by atoms with Gasteiger partial charge in [0.1, 0.15) is 6.20 Å². The molecular weight excluding hydrogens is 180 g/mol. The molecule has 1 aromatic rings. The molecule has 0 fully saturated rings. The molecule has 1 unspecified atom stereocenters. The summed E-state index contributed by atoms with van der Waals surface area (Å²) >= 11 is 0. The van der Waals surface area contributed by atoms with Gasteiger partial charge in [-0.05, 0) is 17.7 Å². The summed E-state index contributed by atoms with van der Waals surface area (Å²) in [6.07, 6.45) is 2.70. The first-order valence-electron chi connectivity index (χ1n) is 4.28. The normalized spacial score (nSPS) is 13.1. The summed E-state index contributed by atoms with van der Waals surface area (Å²) in [6.45, 7) is 0. The molecule has 1 aromatic carbocycles. The van der Waals surface area contributed by atoms with Gasteiger partial charge in [-0.25, -0.2) is 10.4 Å². The number of quaternary nitrogens is 1. The molecular formula is C10H14N2O2. The van der Waals surface area contributed by atoms with E-state index in [1.165, 1.54) is 0 Å². The monoisotopic (exact) mass is 194 g/mol. The third-order valence-corrected chi connectivity index (χ3v) is 1.83. The molecule has 0 radical (unpaired) electrons. The Hall–Kier alpha value is -1.36. The Balaban J connectivity index is 2.73. The average Bonchev–Trinajstić information content (AvgIpc) is 2.15. The third-order valence-electron chi connectivity index (χ3n) is 1.83. The van der Waals surface area contributed by atoms with Crippen LogP contribution in [0.5, 0.6) is 0 Å². The highest BCUT2D eigenvalue weighted by Gasteiger charge is 1.93. The zero-order valence-corrected chi connectivity index (χ0v) is 8.27. The van der Waals surface area contributed by atoms with Crippen LogP contribution in [0.15, 0.2) is 30.5 Å². The summed E-state index contributed by atoms with van der Waals surface area (Å²) in [6, 6.07) is 7.66. The Morgan fingerprint density at radius 2 is 1.86 bits per heavy atom. The summed E-state index contributed by atoms with van der Waals surface area (Å²) < 4.78 is 0. The lowest BCUT2D eigenvalue weighted by atomic mass is 10.2. The largest absolute Gasteiger partial charge is 0.595 e. The molecule has 0 bridgehead atoms. The van der Waals surface area contributed by atoms with Crippen molar-refractivity contribution in [2.24, 2.45) is 0 Å². The van der Waals surface area contributed by atoms with Crippen LogP contribution in [-0.2, 0) is 0 Å². The molecule has 0 spiro atoms. The van der Waals surface area contributed by atoms with Crippen LogP contribution < -0.4 is 10.1 Å². The maximum Gasteiger partial charge on any atom is 0.127 e. The van der Waals surface area contributed by atoms with Crippen LogP contribution in [0.4, 0.5) is 5.69 Å². The van der Waals surface area contributed by atoms with Crippen molar-refractivity contribution in [1.29, 1.82) is 0 Å². The number of benzene rings is 1. The summed E-state index contributed by atoms with van der Waals surface area (Å²) in [5, 5.41) is 17.7. The molecule has 76 valence electrons. The van der Waals surface area contributed by atoms with E-state index in [0.29, 0.717) is 0 Å². The van der Waals surface area contributed by atoms with Crippen LogP contribution in [0.3, 0.4) is 0 Å². The van der Waals surface area contributed by atoms with E-state index >= 15 is 0 Å². The van der Waals surface area contributed by atoms with Gasteiger partial charge in [0.2, 0.25) is 0 Å². The van der Waals surface area contributed by atoms with Crippen molar-refractivity contribution in [2.75, 3.05) is 19.0 Å². The van der Waals surface area contributed by atoms with Gasteiger partial charge in [0.15, 0.2) is 0 Å². The van der Waals surface area contributed by atoms with Gasteiger partial charge >= 0.3 is 0 Å². The number of anilines is 1. The molecule has 1 atom stereocenters. The fourth-order valence-electron chi connectivity index (χ4n) is 1.05. The van der Waals surface area contributed by atoms with Crippen LogP contribution in [0.1, 0.15) is 5.56 Å². The minimum atomic E-state index is -0.929. The van der Waals surface area contributed by atoms with Gasteiger partial charge in [-0.1, -0.05) is 12.1 Å². The molecule has 4 nitrogen and oxygen atoms in total. The summed E-state index contributed by atoms with van der Waals surface area (Å²) in [5.74, 6) is 0. The fraction of sp³-hybridized carbons (Fsp3) is 0.200. The minimum Gasteiger partial charge on any atom is -0.595 e. The van der Waals surface area contributed by atoms with Crippen LogP contribution in [0, 0.1) is 5.21 Å². The second-order valence-corrected chi connectivity index (χ2v) is 3.16. The van der Waals surface area contributed by atoms with Crippen molar-refractivity contribution in [3.63, 3.8) is 0 Å². The number of nitrogens with zero attached hydrogens (tertiary/aromatic N) is 1. The first kappa shape index (κ1) is 10.7. The van der Waals surface area contributed by atoms with E-state index in [9.17, 15) is 5.21 Å². The van der Waals surface area contributed by atoms with Crippen LogP contribution in [-0.4, -0.2) is 19.3 Å². The molecule has 0 heterocycles. The van der Waals surface area contributed by atoms with E-state index in [0.717, 1.165) is 17.5 Å². The number of hydrogen-bond acceptors (Lipinski definition) is 3. The number of rotatable bonds is 3. The summed E-state index contributed by atoms with van der Waals surface area (Å²) in [4.78, 5) is 1.99. The van der Waals surface area contributed by atoms with Crippen LogP contribution in [0.25, 0.3) is 6.08 Å². The van der Waals surface area contributed by atoms with Gasteiger partial charge in [0, 0.05) is 25.9 Å². The molecule has 0 aliphatic rings. The highest BCUT2D eigenvalue weighted by atomic mass is 16.8. The number of hydrogen-bond donors (Lipinski definition) is 2. The Bertz CT molecular complexity index is 304. The minimum absolute atomic E-state index is 0.887. The van der Waals surface area contributed by atoms with E-state index in [1.54, 1.807) is 6.08 Å². The highest BCUT2D eigenvalue weighted by molar-refractivity contribution is 5.54. The van der Waals surface area contributed by atoms with E-state index in [1.807, 2.05) is 43.3 Å². The molecule has 0 aliphatic heterocycles. The van der Waals surface area contributed by atoms with Gasteiger partial charge in [-0.3, -0.25) is 0 Å². The predicted octanol–water partition coefficient (Wildman–Crippen LogP) is 0.495. The molecule has 2 N–H and O–H groups in total. The van der Waals surface area contributed by atoms with E-state index < -0.39 is 5.23 Å². The SMILES string of the molecule is CN(C)c1ccc(C=C[NH+]([O-])O)cc1. The van der Waals surface area contributed by atoms with E-state index in [-0.39, 0.29) is 0 Å². The van der Waals surface area contributed by atoms with Crippen LogP contribution in [0.2, 0.25) is 0 Å². The number of nitrogens with one attached hydrogen (secondary N) is 1. The zero-order valence-electron chi connectivity index (χ0n) is 8.27. The Morgan fingerprint density at radius 1 is 1.29 bits per heavy atom. The maximum atomic E-state index is 10.3. The molecule has 0 aromatic heterocycles. The smallest absolute Gasteiger partial charge is 0.127 e. The molecule has 14 heavy (non-hydrogen) atoms. The lowest BCUT2D eigenvalue weighted by Gasteiger charge is -2.11. The maximum absolute atomic E-state index is 10.3. The fourth-order valence-corrected chi connectivity index (χ4v) is 1.05. The summed E-state index contributed by atoms with van der Waals surface area (Å²) in [5.41, 5.74) is 1.98. The third kappa shape index (κ3) is 3.18. The van der Waals surface area contributed by atoms with Crippen molar-refractivity contribution >= 4 is 11.8 Å². The number of hydroxylamine groups is 2. The first-order chi connectivity index (χ1) is 6.59. The van der Waals surface area contributed by atoms with E-state index in [4.69, 9.17) is 5.21 Å². The first-order valence-corrected chi connectivity index (χ1v) is 4.28. The molecule has 0 amide bonds. The molecule has 0 saturated carbocycles. The molecule has 1 rings (SSSR count). The van der Waals surface area contributed by atoms with Crippen molar-refractivity contribution < 1.29 is 10.4 Å². The Labute approximate surface area is 83.2 Å². The second-order valence-electron chi connectivity index (χ2n) is 3.16. The van der Waals surface area contributed by atoms with Gasteiger partial charge in [-0.15, -0.1) is 0 Å². The Kier molecular flexibility index (Phi) is 3.64. The topological polar surface area (TPSA) is 51.0 Å². The molecule has 4 heteroatoms. The lowest BCUT2D eigenvalue weighted by molar-refractivity contribution is -1.00. The van der Waals surface area contributed by atoms with Crippen molar-refractivity contribution in [3.05, 3.63) is 41.2 Å². The lowest BCUT2D eigenvalue weighted by Crippen LogP contribution is -2.99. The second kappa shape index (κ2) is 4.76. The van der Waals surface area contributed by atoms with Crippen molar-refractivity contribution in [2.45, 2.75) is 0 Å². The van der Waals surface area contributed by atoms with E-state index in [2.05, 4.69) is 0 Å². The average molecular weight is 194 g/mol. The van der Waals surface area contributed by atoms with Gasteiger partial charge in [0.25, 0.3) is 0 Å². The standard InChI is InChI=1S/C10H14N2O2/c1-11(2)10-5-3-9(4-6-10)7-8-12(13)14/h3-8,12-13H,1-2H3. The van der Waals surface area contributed by atoms with Crippen molar-refractivity contribution in [3.8, 4) is 0 Å². The Morgan fingerprint density at radius 3 is 2.29 bits per heavy atom. The van der Waals surface area contributed by atoms with Gasteiger partial charge in [0.05, 0.1) is 0 Å². The molecule has 0 aliphatic carbocycles. The van der Waals surface area contributed by atoms with Crippen molar-refractivity contribution in [1.82, 2.24) is 0 Å². The van der Waals surface area contributed by atoms with Crippen LogP contribution >= 0.6 is 0 Å². The van der Waals surface area contributed by atoms with Gasteiger partial charge in [-0.2, -0.15) is 0 Å². The zero-order chi connectivity index (χ0) is 10.6. The van der Waals surface area contributed by atoms with Gasteiger partial charge < -0.3 is 10.1 Å².